The summed E-state index contributed by atoms with van der Waals surface area (Å²) in [6.45, 7) is 2.04. The molecule has 1 atom stereocenters. The van der Waals surface area contributed by atoms with Gasteiger partial charge in [-0.15, -0.1) is 0 Å². The Morgan fingerprint density at radius 2 is 1.70 bits per heavy atom. The van der Waals surface area contributed by atoms with Crippen LogP contribution in [0.2, 0.25) is 5.02 Å². The van der Waals surface area contributed by atoms with Crippen LogP contribution in [0.25, 0.3) is 0 Å². The Bertz CT molecular complexity index is 571. The topological polar surface area (TPSA) is 20.3 Å². The number of anilines is 1. The highest BCUT2D eigenvalue weighted by atomic mass is 35.5. The number of amides is 1. The average molecular weight is 306 g/mol. The number of hydrogen-bond acceptors (Lipinski definition) is 2. The number of halogens is 1. The van der Waals surface area contributed by atoms with Crippen LogP contribution in [0.5, 0.6) is 0 Å². The summed E-state index contributed by atoms with van der Waals surface area (Å²) >= 11 is 7.17. The summed E-state index contributed by atoms with van der Waals surface area (Å²) < 4.78 is 0. The van der Waals surface area contributed by atoms with E-state index >= 15 is 0 Å². The molecule has 0 spiro atoms. The molecule has 0 saturated heterocycles. The molecule has 0 aliphatic carbocycles. The van der Waals surface area contributed by atoms with Gasteiger partial charge >= 0.3 is 0 Å². The van der Waals surface area contributed by atoms with Gasteiger partial charge in [0.05, 0.1) is 0 Å². The average Bonchev–Trinajstić information content (AvgIpc) is 2.48. The van der Waals surface area contributed by atoms with E-state index in [-0.39, 0.29) is 10.5 Å². The van der Waals surface area contributed by atoms with Crippen molar-refractivity contribution >= 4 is 34.3 Å². The van der Waals surface area contributed by atoms with E-state index in [1.807, 2.05) is 49.4 Å². The molecule has 0 N–H and O–H groups in total. The molecule has 2 nitrogen and oxygen atoms in total. The molecular formula is C16H16ClNOS. The Balaban J connectivity index is 2.02. The molecule has 2 aromatic carbocycles. The second-order valence-electron chi connectivity index (χ2n) is 4.47. The fraction of sp³-hybridized carbons (Fsp3) is 0.188. The van der Waals surface area contributed by atoms with Crippen molar-refractivity contribution in [3.8, 4) is 0 Å². The van der Waals surface area contributed by atoms with E-state index in [0.717, 1.165) is 11.3 Å². The van der Waals surface area contributed by atoms with E-state index in [0.29, 0.717) is 5.02 Å². The SMILES string of the molecule is C[C@H](SC(=O)N(C)c1ccc(Cl)cc1)c1ccccc1. The van der Waals surface area contributed by atoms with Crippen LogP contribution in [-0.4, -0.2) is 12.3 Å². The first kappa shape index (κ1) is 14.9. The monoisotopic (exact) mass is 305 g/mol. The molecule has 0 aliphatic rings. The molecular weight excluding hydrogens is 290 g/mol. The van der Waals surface area contributed by atoms with E-state index < -0.39 is 0 Å². The van der Waals surface area contributed by atoms with Crippen molar-refractivity contribution < 1.29 is 4.79 Å². The van der Waals surface area contributed by atoms with Crippen LogP contribution in [0.3, 0.4) is 0 Å². The number of benzene rings is 2. The molecule has 0 saturated carbocycles. The number of rotatable bonds is 3. The highest BCUT2D eigenvalue weighted by Gasteiger charge is 2.16. The molecule has 0 fully saturated rings. The molecule has 2 rings (SSSR count). The van der Waals surface area contributed by atoms with Crippen molar-refractivity contribution in [2.75, 3.05) is 11.9 Å². The molecule has 2 aromatic rings. The number of hydrogen-bond donors (Lipinski definition) is 0. The normalized spacial score (nSPS) is 11.9. The predicted molar refractivity (Wildman–Crippen MR) is 87.7 cm³/mol. The predicted octanol–water partition coefficient (Wildman–Crippen LogP) is 5.39. The van der Waals surface area contributed by atoms with Crippen molar-refractivity contribution in [2.24, 2.45) is 0 Å². The lowest BCUT2D eigenvalue weighted by molar-refractivity contribution is 0.266. The highest BCUT2D eigenvalue weighted by molar-refractivity contribution is 8.14. The van der Waals surface area contributed by atoms with Crippen molar-refractivity contribution in [2.45, 2.75) is 12.2 Å². The molecule has 20 heavy (non-hydrogen) atoms. The molecule has 104 valence electrons. The molecule has 0 unspecified atom stereocenters. The van der Waals surface area contributed by atoms with Gasteiger partial charge in [0.25, 0.3) is 5.24 Å². The maximum Gasteiger partial charge on any atom is 0.286 e. The van der Waals surface area contributed by atoms with Gasteiger partial charge in [-0.3, -0.25) is 4.79 Å². The fourth-order valence-corrected chi connectivity index (χ4v) is 2.78. The van der Waals surface area contributed by atoms with Crippen molar-refractivity contribution in [1.82, 2.24) is 0 Å². The van der Waals surface area contributed by atoms with Crippen LogP contribution >= 0.6 is 23.4 Å². The van der Waals surface area contributed by atoms with Gasteiger partial charge in [0.2, 0.25) is 0 Å². The van der Waals surface area contributed by atoms with E-state index in [9.17, 15) is 4.79 Å². The number of nitrogens with zero attached hydrogens (tertiary/aromatic N) is 1. The molecule has 0 bridgehead atoms. The van der Waals surface area contributed by atoms with Crippen molar-refractivity contribution in [3.63, 3.8) is 0 Å². The van der Waals surface area contributed by atoms with Crippen molar-refractivity contribution in [1.29, 1.82) is 0 Å². The maximum atomic E-state index is 12.3. The summed E-state index contributed by atoms with van der Waals surface area (Å²) in [5.74, 6) is 0. The Morgan fingerprint density at radius 1 is 1.10 bits per heavy atom. The van der Waals surface area contributed by atoms with E-state index in [1.165, 1.54) is 11.8 Å². The third kappa shape index (κ3) is 3.78. The van der Waals surface area contributed by atoms with Crippen LogP contribution < -0.4 is 4.90 Å². The van der Waals surface area contributed by atoms with Gasteiger partial charge in [-0.05, 0) is 36.8 Å². The largest absolute Gasteiger partial charge is 0.306 e. The summed E-state index contributed by atoms with van der Waals surface area (Å²) in [6.07, 6.45) is 0. The van der Waals surface area contributed by atoms with Gasteiger partial charge in [-0.1, -0.05) is 53.7 Å². The zero-order valence-corrected chi connectivity index (χ0v) is 13.0. The summed E-state index contributed by atoms with van der Waals surface area (Å²) in [4.78, 5) is 13.9. The van der Waals surface area contributed by atoms with Crippen LogP contribution in [0.15, 0.2) is 54.6 Å². The quantitative estimate of drug-likeness (QED) is 0.757. The van der Waals surface area contributed by atoms with Crippen LogP contribution in [-0.2, 0) is 0 Å². The molecule has 1 amide bonds. The molecule has 0 heterocycles. The standard InChI is InChI=1S/C16H16ClNOS/c1-12(13-6-4-3-5-7-13)20-16(19)18(2)15-10-8-14(17)9-11-15/h3-12H,1-2H3/t12-/m0/s1. The lowest BCUT2D eigenvalue weighted by Crippen LogP contribution is -2.22. The highest BCUT2D eigenvalue weighted by Crippen LogP contribution is 2.31. The third-order valence-electron chi connectivity index (χ3n) is 3.03. The van der Waals surface area contributed by atoms with E-state index in [4.69, 9.17) is 11.6 Å². The van der Waals surface area contributed by atoms with Crippen LogP contribution in [0, 0.1) is 0 Å². The number of carbonyl (C=O) groups excluding carboxylic acids is 1. The maximum absolute atomic E-state index is 12.3. The summed E-state index contributed by atoms with van der Waals surface area (Å²) in [5.41, 5.74) is 1.99. The minimum absolute atomic E-state index is 0.0173. The first-order chi connectivity index (χ1) is 9.58. The zero-order valence-electron chi connectivity index (χ0n) is 11.4. The lowest BCUT2D eigenvalue weighted by Gasteiger charge is -2.19. The Hall–Kier alpha value is -1.45. The van der Waals surface area contributed by atoms with Gasteiger partial charge in [0.15, 0.2) is 0 Å². The van der Waals surface area contributed by atoms with Gasteiger partial charge in [-0.2, -0.15) is 0 Å². The lowest BCUT2D eigenvalue weighted by atomic mass is 10.2. The first-order valence-electron chi connectivity index (χ1n) is 6.33. The second-order valence-corrected chi connectivity index (χ2v) is 6.20. The van der Waals surface area contributed by atoms with Gasteiger partial charge in [0.1, 0.15) is 0 Å². The number of thioether (sulfide) groups is 1. The second kappa shape index (κ2) is 6.82. The van der Waals surface area contributed by atoms with Gasteiger partial charge < -0.3 is 4.90 Å². The minimum Gasteiger partial charge on any atom is -0.306 e. The van der Waals surface area contributed by atoms with Gasteiger partial charge in [-0.25, -0.2) is 0 Å². The third-order valence-corrected chi connectivity index (χ3v) is 4.39. The van der Waals surface area contributed by atoms with Crippen LogP contribution in [0.4, 0.5) is 10.5 Å². The van der Waals surface area contributed by atoms with Gasteiger partial charge in [0, 0.05) is 23.0 Å². The van der Waals surface area contributed by atoms with Crippen molar-refractivity contribution in [3.05, 3.63) is 65.2 Å². The van der Waals surface area contributed by atoms with Crippen LogP contribution in [0.1, 0.15) is 17.7 Å². The molecule has 0 radical (unpaired) electrons. The zero-order chi connectivity index (χ0) is 14.5. The van der Waals surface area contributed by atoms with E-state index in [1.54, 1.807) is 24.1 Å². The Morgan fingerprint density at radius 3 is 2.30 bits per heavy atom. The molecule has 0 aliphatic heterocycles. The Labute approximate surface area is 128 Å². The van der Waals surface area contributed by atoms with E-state index in [2.05, 4.69) is 0 Å². The summed E-state index contributed by atoms with van der Waals surface area (Å²) in [5, 5.41) is 0.807. The summed E-state index contributed by atoms with van der Waals surface area (Å²) in [7, 11) is 1.77. The fourth-order valence-electron chi connectivity index (χ4n) is 1.79. The first-order valence-corrected chi connectivity index (χ1v) is 7.58. The molecule has 0 aromatic heterocycles. The minimum atomic E-state index is 0.0173. The number of carbonyl (C=O) groups is 1. The molecule has 4 heteroatoms. The Kier molecular flexibility index (Phi) is 5.10. The smallest absolute Gasteiger partial charge is 0.286 e. The summed E-state index contributed by atoms with van der Waals surface area (Å²) in [6, 6.07) is 17.3.